The van der Waals surface area contributed by atoms with E-state index in [-0.39, 0.29) is 6.10 Å². The molecular formula is C17H22N4O. The summed E-state index contributed by atoms with van der Waals surface area (Å²) in [5.41, 5.74) is 8.12. The first-order valence-electron chi connectivity index (χ1n) is 8.02. The van der Waals surface area contributed by atoms with Crippen LogP contribution >= 0.6 is 0 Å². The molecule has 2 bridgehead atoms. The molecule has 1 aromatic carbocycles. The van der Waals surface area contributed by atoms with E-state index in [1.807, 2.05) is 37.3 Å². The summed E-state index contributed by atoms with van der Waals surface area (Å²) in [4.78, 5) is 2.48. The van der Waals surface area contributed by atoms with E-state index >= 15 is 0 Å². The van der Waals surface area contributed by atoms with E-state index in [2.05, 4.69) is 10.00 Å². The number of anilines is 1. The number of hydrogen-bond acceptors (Lipinski definition) is 4. The van der Waals surface area contributed by atoms with Crippen LogP contribution in [0.3, 0.4) is 0 Å². The minimum absolute atomic E-state index is 0.250. The minimum atomic E-state index is 0.250. The van der Waals surface area contributed by atoms with E-state index in [0.717, 1.165) is 17.8 Å². The molecule has 5 nitrogen and oxygen atoms in total. The zero-order valence-corrected chi connectivity index (χ0v) is 12.9. The number of fused-ring (bicyclic) bond motifs is 3. The number of nitrogens with two attached hydrogens (primary N) is 1. The summed E-state index contributed by atoms with van der Waals surface area (Å²) < 4.78 is 8.02. The highest BCUT2D eigenvalue weighted by molar-refractivity contribution is 5.51. The molecule has 2 aromatic rings. The van der Waals surface area contributed by atoms with E-state index in [1.165, 1.54) is 25.9 Å². The summed E-state index contributed by atoms with van der Waals surface area (Å²) in [6.45, 7) is 5.43. The van der Waals surface area contributed by atoms with Crippen molar-refractivity contribution in [1.82, 2.24) is 14.7 Å². The Kier molecular flexibility index (Phi) is 3.30. The Morgan fingerprint density at radius 2 is 1.91 bits per heavy atom. The van der Waals surface area contributed by atoms with Gasteiger partial charge in [-0.2, -0.15) is 0 Å². The maximum atomic E-state index is 6.25. The largest absolute Gasteiger partial charge is 0.471 e. The van der Waals surface area contributed by atoms with Crippen LogP contribution in [0.15, 0.2) is 30.3 Å². The lowest BCUT2D eigenvalue weighted by Crippen LogP contribution is -2.52. The maximum Gasteiger partial charge on any atom is 0.238 e. The van der Waals surface area contributed by atoms with Crippen molar-refractivity contribution in [1.29, 1.82) is 0 Å². The van der Waals surface area contributed by atoms with E-state index in [0.29, 0.717) is 17.6 Å². The van der Waals surface area contributed by atoms with Gasteiger partial charge in [-0.05, 0) is 50.9 Å². The Morgan fingerprint density at radius 1 is 1.18 bits per heavy atom. The molecule has 1 aromatic heterocycles. The molecular weight excluding hydrogens is 276 g/mol. The molecule has 0 radical (unpaired) electrons. The summed E-state index contributed by atoms with van der Waals surface area (Å²) in [6.07, 6.45) is 2.72. The van der Waals surface area contributed by atoms with Gasteiger partial charge in [-0.25, -0.2) is 4.68 Å². The number of para-hydroxylation sites is 1. The highest BCUT2D eigenvalue weighted by Crippen LogP contribution is 2.33. The second-order valence-corrected chi connectivity index (χ2v) is 6.36. The fourth-order valence-corrected chi connectivity index (χ4v) is 3.55. The monoisotopic (exact) mass is 298 g/mol. The van der Waals surface area contributed by atoms with Gasteiger partial charge in [0.15, 0.2) is 0 Å². The summed E-state index contributed by atoms with van der Waals surface area (Å²) in [6, 6.07) is 9.96. The molecule has 22 heavy (non-hydrogen) atoms. The molecule has 0 aliphatic carbocycles. The number of piperidine rings is 3. The van der Waals surface area contributed by atoms with Crippen molar-refractivity contribution >= 4 is 5.82 Å². The van der Waals surface area contributed by atoms with Crippen LogP contribution < -0.4 is 10.5 Å². The van der Waals surface area contributed by atoms with Gasteiger partial charge in [0.2, 0.25) is 5.88 Å². The van der Waals surface area contributed by atoms with Crippen molar-refractivity contribution in [2.75, 3.05) is 25.4 Å². The molecule has 3 aliphatic rings. The van der Waals surface area contributed by atoms with Crippen molar-refractivity contribution in [3.05, 3.63) is 35.9 Å². The average Bonchev–Trinajstić information content (AvgIpc) is 2.85. The van der Waals surface area contributed by atoms with Crippen LogP contribution in [0.5, 0.6) is 5.88 Å². The van der Waals surface area contributed by atoms with Crippen molar-refractivity contribution in [2.24, 2.45) is 5.92 Å². The fourth-order valence-electron chi connectivity index (χ4n) is 3.55. The number of ether oxygens (including phenoxy) is 1. The molecule has 3 fully saturated rings. The molecule has 1 atom stereocenters. The van der Waals surface area contributed by atoms with Gasteiger partial charge in [0.25, 0.3) is 0 Å². The molecule has 0 amide bonds. The van der Waals surface area contributed by atoms with Crippen molar-refractivity contribution in [2.45, 2.75) is 25.9 Å². The molecule has 1 unspecified atom stereocenters. The Hall–Kier alpha value is -2.01. The zero-order valence-electron chi connectivity index (χ0n) is 12.9. The fraction of sp³-hybridized carbons (Fsp3) is 0.471. The molecule has 5 heteroatoms. The van der Waals surface area contributed by atoms with E-state index < -0.39 is 0 Å². The van der Waals surface area contributed by atoms with E-state index in [4.69, 9.17) is 10.5 Å². The zero-order chi connectivity index (χ0) is 15.1. The maximum absolute atomic E-state index is 6.25. The number of hydrogen-bond donors (Lipinski definition) is 1. The molecule has 116 valence electrons. The van der Waals surface area contributed by atoms with Gasteiger partial charge in [0.05, 0.1) is 11.3 Å². The lowest BCUT2D eigenvalue weighted by molar-refractivity contribution is -0.0104. The third-order valence-electron chi connectivity index (χ3n) is 4.98. The van der Waals surface area contributed by atoms with Gasteiger partial charge in [-0.1, -0.05) is 18.2 Å². The summed E-state index contributed by atoms with van der Waals surface area (Å²) >= 11 is 0. The van der Waals surface area contributed by atoms with Gasteiger partial charge < -0.3 is 10.5 Å². The molecule has 3 saturated heterocycles. The van der Waals surface area contributed by atoms with Gasteiger partial charge in [0, 0.05) is 6.54 Å². The lowest BCUT2D eigenvalue weighted by Gasteiger charge is -2.44. The minimum Gasteiger partial charge on any atom is -0.471 e. The first-order valence-corrected chi connectivity index (χ1v) is 8.02. The van der Waals surface area contributed by atoms with Crippen molar-refractivity contribution in [3.8, 4) is 11.6 Å². The molecule has 4 heterocycles. The average molecular weight is 298 g/mol. The molecule has 5 rings (SSSR count). The van der Waals surface area contributed by atoms with Crippen LogP contribution in [-0.2, 0) is 0 Å². The van der Waals surface area contributed by atoms with Gasteiger partial charge in [0.1, 0.15) is 11.9 Å². The summed E-state index contributed by atoms with van der Waals surface area (Å²) in [5.74, 6) is 2.00. The van der Waals surface area contributed by atoms with Gasteiger partial charge in [-0.3, -0.25) is 4.90 Å². The third-order valence-corrected chi connectivity index (χ3v) is 4.98. The van der Waals surface area contributed by atoms with E-state index in [1.54, 1.807) is 4.68 Å². The van der Waals surface area contributed by atoms with Crippen LogP contribution in [0, 0.1) is 12.8 Å². The first kappa shape index (κ1) is 13.6. The topological polar surface area (TPSA) is 56.3 Å². The predicted octanol–water partition coefficient (Wildman–Crippen LogP) is 2.24. The van der Waals surface area contributed by atoms with Crippen LogP contribution in [0.2, 0.25) is 0 Å². The summed E-state index contributed by atoms with van der Waals surface area (Å²) in [5, 5.41) is 4.61. The lowest BCUT2D eigenvalue weighted by atomic mass is 9.86. The Bertz CT molecular complexity index is 659. The number of aromatic nitrogens is 2. The standard InChI is InChI=1S/C17H22N4O/c1-12-16(18)21(14-5-3-2-4-6-14)19-17(12)22-15-11-20-9-7-13(15)8-10-20/h2-6,13,15H,7-11,18H2,1H3. The quantitative estimate of drug-likeness (QED) is 0.944. The molecule has 3 aliphatic heterocycles. The molecule has 0 spiro atoms. The normalized spacial score (nSPS) is 27.0. The molecule has 2 N–H and O–H groups in total. The Labute approximate surface area is 130 Å². The highest BCUT2D eigenvalue weighted by atomic mass is 16.5. The summed E-state index contributed by atoms with van der Waals surface area (Å²) in [7, 11) is 0. The predicted molar refractivity (Wildman–Crippen MR) is 86.3 cm³/mol. The second kappa shape index (κ2) is 5.32. The number of nitrogens with zero attached hydrogens (tertiary/aromatic N) is 3. The van der Waals surface area contributed by atoms with Gasteiger partial charge in [-0.15, -0.1) is 5.10 Å². The highest BCUT2D eigenvalue weighted by Gasteiger charge is 2.36. The van der Waals surface area contributed by atoms with Gasteiger partial charge >= 0.3 is 0 Å². The SMILES string of the molecule is Cc1c(OC2CN3CCC2CC3)nn(-c2ccccc2)c1N. The Morgan fingerprint density at radius 3 is 2.55 bits per heavy atom. The first-order chi connectivity index (χ1) is 10.7. The number of rotatable bonds is 3. The van der Waals surface area contributed by atoms with Crippen LogP contribution in [-0.4, -0.2) is 40.4 Å². The smallest absolute Gasteiger partial charge is 0.238 e. The van der Waals surface area contributed by atoms with Crippen molar-refractivity contribution in [3.63, 3.8) is 0 Å². The Balaban J connectivity index is 1.60. The van der Waals surface area contributed by atoms with Crippen LogP contribution in [0.1, 0.15) is 18.4 Å². The van der Waals surface area contributed by atoms with Crippen LogP contribution in [0.25, 0.3) is 5.69 Å². The van der Waals surface area contributed by atoms with E-state index in [9.17, 15) is 0 Å². The van der Waals surface area contributed by atoms with Crippen LogP contribution in [0.4, 0.5) is 5.82 Å². The molecule has 0 saturated carbocycles. The number of nitrogen functional groups attached to an aromatic ring is 1. The second-order valence-electron chi connectivity index (χ2n) is 6.36. The third kappa shape index (κ3) is 2.25. The van der Waals surface area contributed by atoms with Crippen molar-refractivity contribution < 1.29 is 4.74 Å². The number of benzene rings is 1.